The largest absolute Gasteiger partial charge is 0.484 e. The van der Waals surface area contributed by atoms with E-state index in [4.69, 9.17) is 4.74 Å². The van der Waals surface area contributed by atoms with Gasteiger partial charge >= 0.3 is 0 Å². The first-order valence-electron chi connectivity index (χ1n) is 6.27. The van der Waals surface area contributed by atoms with Crippen molar-refractivity contribution >= 4 is 5.76 Å². The molecule has 2 heteroatoms. The summed E-state index contributed by atoms with van der Waals surface area (Å²) in [7, 11) is 0. The van der Waals surface area contributed by atoms with Gasteiger partial charge in [0.1, 0.15) is 17.8 Å². The molecular formula is C17H13NO. The van der Waals surface area contributed by atoms with Crippen LogP contribution in [0.2, 0.25) is 0 Å². The van der Waals surface area contributed by atoms with Gasteiger partial charge < -0.3 is 4.74 Å². The minimum atomic E-state index is -0.238. The van der Waals surface area contributed by atoms with Gasteiger partial charge in [-0.3, -0.25) is 0 Å². The molecule has 92 valence electrons. The first kappa shape index (κ1) is 11.6. The molecule has 1 aliphatic rings. The Morgan fingerprint density at radius 1 is 0.895 bits per heavy atom. The van der Waals surface area contributed by atoms with Crippen LogP contribution in [0.4, 0.5) is 0 Å². The minimum Gasteiger partial charge on any atom is -0.484 e. The molecule has 2 unspecified atom stereocenters. The van der Waals surface area contributed by atoms with Crippen LogP contribution in [-0.4, -0.2) is 0 Å². The van der Waals surface area contributed by atoms with Crippen molar-refractivity contribution in [3.05, 3.63) is 77.9 Å². The van der Waals surface area contributed by atoms with E-state index in [1.165, 1.54) is 0 Å². The highest BCUT2D eigenvalue weighted by molar-refractivity contribution is 5.63. The predicted molar refractivity (Wildman–Crippen MR) is 73.8 cm³/mol. The Balaban J connectivity index is 1.91. The van der Waals surface area contributed by atoms with Crippen LogP contribution < -0.4 is 0 Å². The summed E-state index contributed by atoms with van der Waals surface area (Å²) in [4.78, 5) is 0. The summed E-state index contributed by atoms with van der Waals surface area (Å²) in [5.74, 6) is 0.554. The van der Waals surface area contributed by atoms with Crippen molar-refractivity contribution in [1.29, 1.82) is 5.26 Å². The van der Waals surface area contributed by atoms with Crippen molar-refractivity contribution in [3.63, 3.8) is 0 Å². The molecule has 2 aromatic carbocycles. The van der Waals surface area contributed by atoms with Gasteiger partial charge in [-0.15, -0.1) is 0 Å². The zero-order chi connectivity index (χ0) is 13.1. The Labute approximate surface area is 112 Å². The van der Waals surface area contributed by atoms with Crippen molar-refractivity contribution in [2.24, 2.45) is 5.92 Å². The van der Waals surface area contributed by atoms with Crippen LogP contribution in [-0.2, 0) is 4.74 Å². The molecular weight excluding hydrogens is 234 g/mol. The van der Waals surface area contributed by atoms with E-state index >= 15 is 0 Å². The molecule has 0 aromatic heterocycles. The highest BCUT2D eigenvalue weighted by Crippen LogP contribution is 2.39. The first-order chi connectivity index (χ1) is 9.38. The molecule has 2 atom stereocenters. The highest BCUT2D eigenvalue weighted by atomic mass is 16.5. The molecule has 2 nitrogen and oxygen atoms in total. The van der Waals surface area contributed by atoms with Gasteiger partial charge in [0.2, 0.25) is 0 Å². The van der Waals surface area contributed by atoms with E-state index in [1.807, 2.05) is 66.7 Å². The summed E-state index contributed by atoms with van der Waals surface area (Å²) in [5.41, 5.74) is 2.05. The van der Waals surface area contributed by atoms with Gasteiger partial charge in [0, 0.05) is 5.56 Å². The molecule has 0 amide bonds. The number of rotatable bonds is 2. The summed E-state index contributed by atoms with van der Waals surface area (Å²) in [6.45, 7) is 0. The van der Waals surface area contributed by atoms with Crippen LogP contribution in [0.1, 0.15) is 17.2 Å². The van der Waals surface area contributed by atoms with Crippen molar-refractivity contribution < 1.29 is 4.74 Å². The summed E-state index contributed by atoms with van der Waals surface area (Å²) in [6, 6.07) is 22.1. The number of benzene rings is 2. The number of nitrogens with zero attached hydrogens (tertiary/aromatic N) is 1. The van der Waals surface area contributed by atoms with Crippen LogP contribution >= 0.6 is 0 Å². The molecule has 0 N–H and O–H groups in total. The van der Waals surface area contributed by atoms with Crippen LogP contribution in [0.3, 0.4) is 0 Å². The zero-order valence-electron chi connectivity index (χ0n) is 10.4. The molecule has 0 fully saturated rings. The molecule has 0 bridgehead atoms. The van der Waals surface area contributed by atoms with Gasteiger partial charge in [0.15, 0.2) is 0 Å². The summed E-state index contributed by atoms with van der Waals surface area (Å²) >= 11 is 0. The Morgan fingerprint density at radius 2 is 1.53 bits per heavy atom. The monoisotopic (exact) mass is 247 g/mol. The molecule has 19 heavy (non-hydrogen) atoms. The third-order valence-electron chi connectivity index (χ3n) is 3.25. The summed E-state index contributed by atoms with van der Waals surface area (Å²) in [5, 5.41) is 9.29. The molecule has 0 spiro atoms. The number of nitriles is 1. The highest BCUT2D eigenvalue weighted by Gasteiger charge is 2.30. The van der Waals surface area contributed by atoms with Gasteiger partial charge in [-0.1, -0.05) is 60.7 Å². The van der Waals surface area contributed by atoms with Crippen LogP contribution in [0.5, 0.6) is 0 Å². The molecule has 0 saturated carbocycles. The number of ether oxygens (including phenoxy) is 1. The fourth-order valence-electron chi connectivity index (χ4n) is 2.29. The van der Waals surface area contributed by atoms with E-state index in [1.54, 1.807) is 0 Å². The lowest BCUT2D eigenvalue weighted by molar-refractivity contribution is 0.172. The second-order valence-electron chi connectivity index (χ2n) is 4.50. The van der Waals surface area contributed by atoms with E-state index < -0.39 is 0 Å². The third kappa shape index (κ3) is 2.23. The van der Waals surface area contributed by atoms with Crippen molar-refractivity contribution in [2.45, 2.75) is 6.10 Å². The standard InChI is InChI=1S/C17H13NO/c18-12-15-11-16(13-7-3-1-4-8-13)19-17(15)14-9-5-2-6-10-14/h1-11,15,17H. The van der Waals surface area contributed by atoms with Gasteiger partial charge in [-0.25, -0.2) is 0 Å². The zero-order valence-corrected chi connectivity index (χ0v) is 10.4. The number of hydrogen-bond acceptors (Lipinski definition) is 2. The SMILES string of the molecule is N#CC1C=C(c2ccccc2)OC1c1ccccc1. The first-order valence-corrected chi connectivity index (χ1v) is 6.27. The Bertz CT molecular complexity index is 625. The molecule has 0 aliphatic carbocycles. The summed E-state index contributed by atoms with van der Waals surface area (Å²) in [6.07, 6.45) is 1.70. The quantitative estimate of drug-likeness (QED) is 0.805. The van der Waals surface area contributed by atoms with E-state index in [-0.39, 0.29) is 12.0 Å². The average Bonchev–Trinajstić information content (AvgIpc) is 2.93. The van der Waals surface area contributed by atoms with E-state index in [9.17, 15) is 5.26 Å². The molecule has 0 saturated heterocycles. The minimum absolute atomic E-state index is 0.207. The second-order valence-corrected chi connectivity index (χ2v) is 4.50. The van der Waals surface area contributed by atoms with Crippen molar-refractivity contribution in [1.82, 2.24) is 0 Å². The fourth-order valence-corrected chi connectivity index (χ4v) is 2.29. The van der Waals surface area contributed by atoms with Gasteiger partial charge in [-0.2, -0.15) is 5.26 Å². The predicted octanol–water partition coefficient (Wildman–Crippen LogP) is 3.94. The molecule has 2 aromatic rings. The normalized spacial score (nSPS) is 21.3. The maximum absolute atomic E-state index is 9.29. The molecule has 1 aliphatic heterocycles. The molecule has 1 heterocycles. The van der Waals surface area contributed by atoms with Crippen LogP contribution in [0, 0.1) is 17.2 Å². The molecule has 0 radical (unpaired) electrons. The fraction of sp³-hybridized carbons (Fsp3) is 0.118. The van der Waals surface area contributed by atoms with Gasteiger partial charge in [0.05, 0.1) is 6.07 Å². The number of hydrogen-bond donors (Lipinski definition) is 0. The van der Waals surface area contributed by atoms with Gasteiger partial charge in [-0.05, 0) is 11.6 Å². The maximum atomic E-state index is 9.29. The lowest BCUT2D eigenvalue weighted by atomic mass is 9.98. The van der Waals surface area contributed by atoms with E-state index in [0.29, 0.717) is 0 Å². The van der Waals surface area contributed by atoms with E-state index in [2.05, 4.69) is 6.07 Å². The third-order valence-corrected chi connectivity index (χ3v) is 3.25. The molecule has 3 rings (SSSR count). The Hall–Kier alpha value is -2.53. The second kappa shape index (κ2) is 4.99. The van der Waals surface area contributed by atoms with E-state index in [0.717, 1.165) is 16.9 Å². The smallest absolute Gasteiger partial charge is 0.143 e. The lowest BCUT2D eigenvalue weighted by Gasteiger charge is -2.15. The van der Waals surface area contributed by atoms with Crippen molar-refractivity contribution in [2.75, 3.05) is 0 Å². The summed E-state index contributed by atoms with van der Waals surface area (Å²) < 4.78 is 5.98. The average molecular weight is 247 g/mol. The van der Waals surface area contributed by atoms with Gasteiger partial charge in [0.25, 0.3) is 0 Å². The van der Waals surface area contributed by atoms with Crippen molar-refractivity contribution in [3.8, 4) is 6.07 Å². The Morgan fingerprint density at radius 3 is 2.16 bits per heavy atom. The lowest BCUT2D eigenvalue weighted by Crippen LogP contribution is -2.05. The van der Waals surface area contributed by atoms with Crippen LogP contribution in [0.15, 0.2) is 66.7 Å². The topological polar surface area (TPSA) is 33.0 Å². The maximum Gasteiger partial charge on any atom is 0.143 e. The Kier molecular flexibility index (Phi) is 3.04. The van der Waals surface area contributed by atoms with Crippen LogP contribution in [0.25, 0.3) is 5.76 Å².